The van der Waals surface area contributed by atoms with E-state index in [2.05, 4.69) is 9.88 Å². The van der Waals surface area contributed by atoms with Crippen molar-refractivity contribution in [1.82, 2.24) is 9.88 Å². The highest BCUT2D eigenvalue weighted by atomic mass is 16.5. The van der Waals surface area contributed by atoms with Crippen LogP contribution in [0.4, 0.5) is 0 Å². The number of nitrogens with zero attached hydrogens (tertiary/aromatic N) is 2. The summed E-state index contributed by atoms with van der Waals surface area (Å²) < 4.78 is 5.11. The van der Waals surface area contributed by atoms with Crippen LogP contribution in [0.2, 0.25) is 0 Å². The second kappa shape index (κ2) is 8.78. The van der Waals surface area contributed by atoms with E-state index in [-0.39, 0.29) is 0 Å². The van der Waals surface area contributed by atoms with Crippen LogP contribution in [0.1, 0.15) is 37.7 Å². The molecule has 0 aliphatic carbocycles. The lowest BCUT2D eigenvalue weighted by molar-refractivity contribution is -0.133. The molecule has 1 fully saturated rings. The molecule has 1 unspecified atom stereocenters. The SMILES string of the molecule is COCCCC1CCCN(C(=O)CCc2ccncc2)C1. The highest BCUT2D eigenvalue weighted by Gasteiger charge is 2.22. The number of aromatic nitrogens is 1. The van der Waals surface area contributed by atoms with Crippen LogP contribution in [-0.2, 0) is 16.0 Å². The monoisotopic (exact) mass is 290 g/mol. The third-order valence-corrected chi connectivity index (χ3v) is 4.21. The minimum atomic E-state index is 0.295. The molecule has 2 rings (SSSR count). The molecule has 116 valence electrons. The summed E-state index contributed by atoms with van der Waals surface area (Å²) in [5, 5.41) is 0. The molecule has 4 heteroatoms. The van der Waals surface area contributed by atoms with Crippen molar-refractivity contribution < 1.29 is 9.53 Å². The number of likely N-dealkylation sites (tertiary alicyclic amines) is 1. The van der Waals surface area contributed by atoms with Gasteiger partial charge in [0.2, 0.25) is 5.91 Å². The van der Waals surface area contributed by atoms with Gasteiger partial charge in [-0.15, -0.1) is 0 Å². The molecule has 1 aliphatic heterocycles. The molecule has 0 N–H and O–H groups in total. The van der Waals surface area contributed by atoms with E-state index < -0.39 is 0 Å². The van der Waals surface area contributed by atoms with Gasteiger partial charge in [0.15, 0.2) is 0 Å². The summed E-state index contributed by atoms with van der Waals surface area (Å²) in [6, 6.07) is 3.97. The topological polar surface area (TPSA) is 42.4 Å². The summed E-state index contributed by atoms with van der Waals surface area (Å²) in [6.45, 7) is 2.68. The largest absolute Gasteiger partial charge is 0.385 e. The van der Waals surface area contributed by atoms with Crippen LogP contribution in [-0.4, -0.2) is 42.6 Å². The number of amides is 1. The Bertz CT molecular complexity index is 422. The Kier molecular flexibility index (Phi) is 6.67. The van der Waals surface area contributed by atoms with Gasteiger partial charge in [-0.25, -0.2) is 0 Å². The molecular formula is C17H26N2O2. The molecule has 1 saturated heterocycles. The Hall–Kier alpha value is -1.42. The van der Waals surface area contributed by atoms with Crippen molar-refractivity contribution in [2.45, 2.75) is 38.5 Å². The molecule has 0 aromatic carbocycles. The fourth-order valence-corrected chi connectivity index (χ4v) is 3.00. The van der Waals surface area contributed by atoms with E-state index in [1.165, 1.54) is 18.4 Å². The maximum atomic E-state index is 12.3. The minimum absolute atomic E-state index is 0.295. The van der Waals surface area contributed by atoms with Gasteiger partial charge < -0.3 is 9.64 Å². The number of aryl methyl sites for hydroxylation is 1. The van der Waals surface area contributed by atoms with Crippen LogP contribution in [0, 0.1) is 5.92 Å². The van der Waals surface area contributed by atoms with Crippen LogP contribution >= 0.6 is 0 Å². The van der Waals surface area contributed by atoms with Crippen molar-refractivity contribution in [2.24, 2.45) is 5.92 Å². The van der Waals surface area contributed by atoms with Gasteiger partial charge in [0.1, 0.15) is 0 Å². The summed E-state index contributed by atoms with van der Waals surface area (Å²) >= 11 is 0. The molecular weight excluding hydrogens is 264 g/mol. The molecule has 1 aromatic rings. The van der Waals surface area contributed by atoms with Crippen molar-refractivity contribution in [1.29, 1.82) is 0 Å². The van der Waals surface area contributed by atoms with Crippen molar-refractivity contribution in [3.8, 4) is 0 Å². The Morgan fingerprint density at radius 3 is 3.00 bits per heavy atom. The molecule has 2 heterocycles. The smallest absolute Gasteiger partial charge is 0.222 e. The minimum Gasteiger partial charge on any atom is -0.385 e. The maximum Gasteiger partial charge on any atom is 0.222 e. The molecule has 1 aliphatic rings. The summed E-state index contributed by atoms with van der Waals surface area (Å²) in [4.78, 5) is 18.4. The first-order chi connectivity index (χ1) is 10.3. The first-order valence-electron chi connectivity index (χ1n) is 7.95. The lowest BCUT2D eigenvalue weighted by Crippen LogP contribution is -2.40. The van der Waals surface area contributed by atoms with E-state index in [1.807, 2.05) is 12.1 Å². The van der Waals surface area contributed by atoms with Crippen LogP contribution in [0.25, 0.3) is 0 Å². The van der Waals surface area contributed by atoms with E-state index in [4.69, 9.17) is 4.74 Å². The standard InChI is InChI=1S/C17H26N2O2/c1-21-13-3-5-16-4-2-12-19(14-16)17(20)7-6-15-8-10-18-11-9-15/h8-11,16H,2-7,12-14H2,1H3. The van der Waals surface area contributed by atoms with Gasteiger partial charge >= 0.3 is 0 Å². The second-order valence-corrected chi connectivity index (χ2v) is 5.84. The van der Waals surface area contributed by atoms with Gasteiger partial charge in [-0.2, -0.15) is 0 Å². The number of ether oxygens (including phenoxy) is 1. The Morgan fingerprint density at radius 2 is 2.24 bits per heavy atom. The van der Waals surface area contributed by atoms with E-state index in [0.29, 0.717) is 18.2 Å². The lowest BCUT2D eigenvalue weighted by Gasteiger charge is -2.33. The molecule has 0 radical (unpaired) electrons. The van der Waals surface area contributed by atoms with Crippen molar-refractivity contribution in [3.05, 3.63) is 30.1 Å². The zero-order chi connectivity index (χ0) is 14.9. The van der Waals surface area contributed by atoms with E-state index in [0.717, 1.165) is 39.0 Å². The number of carbonyl (C=O) groups excluding carboxylic acids is 1. The fraction of sp³-hybridized carbons (Fsp3) is 0.647. The maximum absolute atomic E-state index is 12.3. The van der Waals surface area contributed by atoms with Gasteiger partial charge in [-0.1, -0.05) is 0 Å². The fourth-order valence-electron chi connectivity index (χ4n) is 3.00. The number of methoxy groups -OCH3 is 1. The predicted octanol–water partition coefficient (Wildman–Crippen LogP) is 2.68. The average Bonchev–Trinajstić information content (AvgIpc) is 2.54. The number of hydrogen-bond donors (Lipinski definition) is 0. The normalized spacial score (nSPS) is 18.7. The number of pyridine rings is 1. The van der Waals surface area contributed by atoms with Crippen molar-refractivity contribution in [3.63, 3.8) is 0 Å². The molecule has 21 heavy (non-hydrogen) atoms. The molecule has 1 atom stereocenters. The average molecular weight is 290 g/mol. The molecule has 0 bridgehead atoms. The highest BCUT2D eigenvalue weighted by Crippen LogP contribution is 2.21. The zero-order valence-electron chi connectivity index (χ0n) is 13.0. The van der Waals surface area contributed by atoms with Crippen LogP contribution in [0.5, 0.6) is 0 Å². The Morgan fingerprint density at radius 1 is 1.43 bits per heavy atom. The van der Waals surface area contributed by atoms with Crippen LogP contribution in [0.15, 0.2) is 24.5 Å². The first-order valence-corrected chi connectivity index (χ1v) is 7.95. The van der Waals surface area contributed by atoms with Gasteiger partial charge in [-0.3, -0.25) is 9.78 Å². The van der Waals surface area contributed by atoms with Gasteiger partial charge in [0.25, 0.3) is 0 Å². The number of rotatable bonds is 7. The van der Waals surface area contributed by atoms with Gasteiger partial charge in [-0.05, 0) is 55.7 Å². The Labute approximate surface area is 127 Å². The third kappa shape index (κ3) is 5.46. The van der Waals surface area contributed by atoms with Crippen molar-refractivity contribution in [2.75, 3.05) is 26.8 Å². The van der Waals surface area contributed by atoms with Gasteiger partial charge in [0, 0.05) is 45.6 Å². The van der Waals surface area contributed by atoms with Crippen LogP contribution in [0.3, 0.4) is 0 Å². The first kappa shape index (κ1) is 16.0. The number of piperidine rings is 1. The van der Waals surface area contributed by atoms with Crippen LogP contribution < -0.4 is 0 Å². The quantitative estimate of drug-likeness (QED) is 0.725. The molecule has 0 spiro atoms. The zero-order valence-corrected chi connectivity index (χ0v) is 13.0. The van der Waals surface area contributed by atoms with E-state index in [1.54, 1.807) is 19.5 Å². The second-order valence-electron chi connectivity index (χ2n) is 5.84. The summed E-state index contributed by atoms with van der Waals surface area (Å²) in [5.74, 6) is 0.946. The van der Waals surface area contributed by atoms with Crippen molar-refractivity contribution >= 4 is 5.91 Å². The summed E-state index contributed by atoms with van der Waals surface area (Å²) in [7, 11) is 1.75. The van der Waals surface area contributed by atoms with E-state index >= 15 is 0 Å². The molecule has 1 amide bonds. The third-order valence-electron chi connectivity index (χ3n) is 4.21. The molecule has 1 aromatic heterocycles. The highest BCUT2D eigenvalue weighted by molar-refractivity contribution is 5.76. The number of carbonyl (C=O) groups is 1. The molecule has 4 nitrogen and oxygen atoms in total. The lowest BCUT2D eigenvalue weighted by atomic mass is 9.93. The summed E-state index contributed by atoms with van der Waals surface area (Å²) in [5.41, 5.74) is 1.19. The summed E-state index contributed by atoms with van der Waals surface area (Å²) in [6.07, 6.45) is 9.64. The number of hydrogen-bond acceptors (Lipinski definition) is 3. The van der Waals surface area contributed by atoms with E-state index in [9.17, 15) is 4.79 Å². The Balaban J connectivity index is 1.74. The predicted molar refractivity (Wildman–Crippen MR) is 83.0 cm³/mol. The van der Waals surface area contributed by atoms with Gasteiger partial charge in [0.05, 0.1) is 0 Å². The molecule has 0 saturated carbocycles.